The average Bonchev–Trinajstić information content (AvgIpc) is 2.08. The third-order valence-corrected chi connectivity index (χ3v) is 1.88. The molecule has 13 heavy (non-hydrogen) atoms. The summed E-state index contributed by atoms with van der Waals surface area (Å²) in [6.45, 7) is 0.0318. The van der Waals surface area contributed by atoms with Crippen LogP contribution in [-0.2, 0) is 22.0 Å². The van der Waals surface area contributed by atoms with Gasteiger partial charge in [-0.05, 0) is 11.6 Å². The van der Waals surface area contributed by atoms with Crippen molar-refractivity contribution in [2.45, 2.75) is 6.42 Å². The normalized spacial score (nSPS) is 12.8. The largest absolute Gasteiger partial charge is 0.301 e. The lowest BCUT2D eigenvalue weighted by Crippen LogP contribution is -2.02. The van der Waals surface area contributed by atoms with E-state index in [0.717, 1.165) is 0 Å². The van der Waals surface area contributed by atoms with Crippen LogP contribution in [0.15, 0.2) is 24.3 Å². The molecule has 0 heterocycles. The maximum atomic E-state index is 12.9. The summed E-state index contributed by atoms with van der Waals surface area (Å²) in [7, 11) is 0. The van der Waals surface area contributed by atoms with Crippen molar-refractivity contribution in [3.63, 3.8) is 0 Å². The Labute approximate surface area is 78.0 Å². The molecule has 0 saturated heterocycles. The monoisotopic (exact) mass is 204 g/mol. The van der Waals surface area contributed by atoms with Crippen LogP contribution in [0.1, 0.15) is 5.56 Å². The fraction of sp³-hybridized carbons (Fsp3) is 0.250. The lowest BCUT2D eigenvalue weighted by molar-refractivity contribution is 0.309. The van der Waals surface area contributed by atoms with Crippen molar-refractivity contribution in [3.8, 4) is 0 Å². The Bertz CT molecular complexity index is 303. The van der Waals surface area contributed by atoms with Crippen molar-refractivity contribution in [1.82, 2.24) is 0 Å². The van der Waals surface area contributed by atoms with Gasteiger partial charge in [0.25, 0.3) is 0 Å². The van der Waals surface area contributed by atoms with Gasteiger partial charge in [0, 0.05) is 6.42 Å². The van der Waals surface area contributed by atoms with Gasteiger partial charge in [-0.1, -0.05) is 18.2 Å². The summed E-state index contributed by atoms with van der Waals surface area (Å²) in [5.74, 6) is -0.324. The predicted molar refractivity (Wildman–Crippen MR) is 46.8 cm³/mol. The zero-order valence-electron chi connectivity index (χ0n) is 6.77. The summed E-state index contributed by atoms with van der Waals surface area (Å²) in [5, 5.41) is 0. The number of hydrogen-bond acceptors (Lipinski definition) is 2. The molecule has 72 valence electrons. The minimum absolute atomic E-state index is 0.0318. The molecule has 0 spiro atoms. The van der Waals surface area contributed by atoms with Crippen LogP contribution in [0.2, 0.25) is 0 Å². The molecule has 1 aromatic rings. The third kappa shape index (κ3) is 3.63. The van der Waals surface area contributed by atoms with Gasteiger partial charge in [0.15, 0.2) is 0 Å². The first-order valence-electron chi connectivity index (χ1n) is 3.67. The molecule has 0 saturated carbocycles. The Balaban J connectivity index is 2.45. The van der Waals surface area contributed by atoms with Crippen LogP contribution in [0.5, 0.6) is 0 Å². The molecule has 1 aromatic carbocycles. The second-order valence-electron chi connectivity index (χ2n) is 2.38. The van der Waals surface area contributed by atoms with Gasteiger partial charge in [-0.3, -0.25) is 8.74 Å². The molecule has 0 aliphatic heterocycles. The summed E-state index contributed by atoms with van der Waals surface area (Å²) in [4.78, 5) is 0. The van der Waals surface area contributed by atoms with E-state index in [1.807, 2.05) is 0 Å². The van der Waals surface area contributed by atoms with Gasteiger partial charge in [0.05, 0.1) is 6.61 Å². The summed E-state index contributed by atoms with van der Waals surface area (Å²) < 4.78 is 35.6. The van der Waals surface area contributed by atoms with E-state index in [0.29, 0.717) is 12.0 Å². The van der Waals surface area contributed by atoms with E-state index >= 15 is 0 Å². The van der Waals surface area contributed by atoms with Crippen molar-refractivity contribution < 1.29 is 17.3 Å². The maximum Gasteiger partial charge on any atom is 0.301 e. The second kappa shape index (κ2) is 5.06. The fourth-order valence-corrected chi connectivity index (χ4v) is 1.15. The summed E-state index contributed by atoms with van der Waals surface area (Å²) in [6.07, 6.45) is 0.291. The number of halogens is 1. The Morgan fingerprint density at radius 2 is 2.15 bits per heavy atom. The fourth-order valence-electron chi connectivity index (χ4n) is 0.924. The maximum absolute atomic E-state index is 12.9. The zero-order chi connectivity index (χ0) is 9.68. The molecule has 1 unspecified atom stereocenters. The average molecular weight is 204 g/mol. The number of benzene rings is 1. The van der Waals surface area contributed by atoms with Crippen molar-refractivity contribution in [3.05, 3.63) is 35.6 Å². The van der Waals surface area contributed by atoms with Crippen LogP contribution in [-0.4, -0.2) is 15.4 Å². The highest BCUT2D eigenvalue weighted by molar-refractivity contribution is 7.74. The van der Waals surface area contributed by atoms with Crippen molar-refractivity contribution in [2.24, 2.45) is 0 Å². The topological polar surface area (TPSA) is 46.5 Å². The smallest absolute Gasteiger partial charge is 0.284 e. The molecule has 0 amide bonds. The van der Waals surface area contributed by atoms with Crippen LogP contribution in [0.25, 0.3) is 0 Å². The highest BCUT2D eigenvalue weighted by Crippen LogP contribution is 2.06. The molecule has 0 radical (unpaired) electrons. The van der Waals surface area contributed by atoms with Gasteiger partial charge in [-0.2, -0.15) is 4.21 Å². The SMILES string of the molecule is O=S(O)OCCc1ccccc1F. The van der Waals surface area contributed by atoms with Gasteiger partial charge >= 0.3 is 11.4 Å². The molecule has 3 nitrogen and oxygen atoms in total. The van der Waals surface area contributed by atoms with Crippen LogP contribution in [0.4, 0.5) is 4.39 Å². The standard InChI is InChI=1S/C8H9FO3S/c9-8-4-2-1-3-7(8)5-6-12-13(10)11/h1-4H,5-6H2,(H,10,11). The van der Waals surface area contributed by atoms with Crippen molar-refractivity contribution in [2.75, 3.05) is 6.61 Å². The molecule has 0 aromatic heterocycles. The number of rotatable bonds is 4. The van der Waals surface area contributed by atoms with Crippen LogP contribution >= 0.6 is 0 Å². The van der Waals surface area contributed by atoms with Gasteiger partial charge < -0.3 is 0 Å². The summed E-state index contributed by atoms with van der Waals surface area (Å²) in [5.41, 5.74) is 0.480. The Kier molecular flexibility index (Phi) is 4.01. The van der Waals surface area contributed by atoms with E-state index < -0.39 is 11.4 Å². The Morgan fingerprint density at radius 1 is 1.46 bits per heavy atom. The first-order valence-corrected chi connectivity index (χ1v) is 4.71. The molecular formula is C8H9FO3S. The van der Waals surface area contributed by atoms with E-state index in [2.05, 4.69) is 4.18 Å². The first-order chi connectivity index (χ1) is 6.20. The van der Waals surface area contributed by atoms with Crippen LogP contribution in [0.3, 0.4) is 0 Å². The highest BCUT2D eigenvalue weighted by atomic mass is 32.2. The minimum Gasteiger partial charge on any atom is -0.284 e. The molecule has 0 bridgehead atoms. The molecular weight excluding hydrogens is 195 g/mol. The van der Waals surface area contributed by atoms with Crippen molar-refractivity contribution in [1.29, 1.82) is 0 Å². The second-order valence-corrected chi connectivity index (χ2v) is 3.05. The van der Waals surface area contributed by atoms with E-state index in [4.69, 9.17) is 4.55 Å². The lowest BCUT2D eigenvalue weighted by atomic mass is 10.1. The third-order valence-electron chi connectivity index (χ3n) is 1.51. The van der Waals surface area contributed by atoms with Gasteiger partial charge in [-0.25, -0.2) is 4.39 Å². The molecule has 1 rings (SSSR count). The molecule has 0 aliphatic rings. The van der Waals surface area contributed by atoms with E-state index in [1.165, 1.54) is 6.07 Å². The van der Waals surface area contributed by atoms with Gasteiger partial charge in [0.2, 0.25) is 0 Å². The summed E-state index contributed by atoms with van der Waals surface area (Å²) in [6, 6.07) is 6.24. The van der Waals surface area contributed by atoms with Gasteiger partial charge in [-0.15, -0.1) is 0 Å². The van der Waals surface area contributed by atoms with Crippen LogP contribution < -0.4 is 0 Å². The van der Waals surface area contributed by atoms with Crippen molar-refractivity contribution >= 4 is 11.4 Å². The Hall–Kier alpha value is -0.780. The number of hydrogen-bond donors (Lipinski definition) is 1. The Morgan fingerprint density at radius 3 is 2.77 bits per heavy atom. The highest BCUT2D eigenvalue weighted by Gasteiger charge is 2.01. The van der Waals surface area contributed by atoms with E-state index in [9.17, 15) is 8.60 Å². The molecule has 1 atom stereocenters. The summed E-state index contributed by atoms with van der Waals surface area (Å²) >= 11 is -2.27. The lowest BCUT2D eigenvalue weighted by Gasteiger charge is -2.00. The van der Waals surface area contributed by atoms with E-state index in [-0.39, 0.29) is 12.4 Å². The molecule has 1 N–H and O–H groups in total. The minimum atomic E-state index is -2.27. The molecule has 0 fully saturated rings. The zero-order valence-corrected chi connectivity index (χ0v) is 7.59. The van der Waals surface area contributed by atoms with Crippen LogP contribution in [0, 0.1) is 5.82 Å². The first kappa shape index (κ1) is 10.3. The van der Waals surface area contributed by atoms with Gasteiger partial charge in [0.1, 0.15) is 5.82 Å². The molecule has 5 heteroatoms. The quantitative estimate of drug-likeness (QED) is 0.756. The van der Waals surface area contributed by atoms with E-state index in [1.54, 1.807) is 18.2 Å². The predicted octanol–water partition coefficient (Wildman–Crippen LogP) is 1.52. The molecule has 0 aliphatic carbocycles.